The van der Waals surface area contributed by atoms with Crippen molar-refractivity contribution in [2.45, 2.75) is 26.4 Å². The Hall–Kier alpha value is -3.47. The number of fused-ring (bicyclic) bond motifs is 1. The van der Waals surface area contributed by atoms with Gasteiger partial charge in [0, 0.05) is 19.2 Å². The second kappa shape index (κ2) is 11.3. The number of amides is 2. The second-order valence-electron chi connectivity index (χ2n) is 8.04. The van der Waals surface area contributed by atoms with E-state index in [2.05, 4.69) is 5.32 Å². The maximum atomic E-state index is 13.5. The summed E-state index contributed by atoms with van der Waals surface area (Å²) in [6.07, 6.45) is 1.02. The Kier molecular flexibility index (Phi) is 8.44. The molecule has 0 saturated carbocycles. The van der Waals surface area contributed by atoms with E-state index < -0.39 is 28.5 Å². The van der Waals surface area contributed by atoms with Crippen molar-refractivity contribution in [2.75, 3.05) is 44.0 Å². The van der Waals surface area contributed by atoms with Crippen molar-refractivity contribution in [3.8, 4) is 17.2 Å². The highest BCUT2D eigenvalue weighted by Crippen LogP contribution is 2.34. The van der Waals surface area contributed by atoms with E-state index in [0.29, 0.717) is 37.0 Å². The van der Waals surface area contributed by atoms with Crippen LogP contribution >= 0.6 is 0 Å². The Balaban J connectivity index is 1.92. The fourth-order valence-electron chi connectivity index (χ4n) is 3.67. The number of nitrogens with zero attached hydrogens (tertiary/aromatic N) is 2. The molecule has 0 aliphatic carbocycles. The zero-order valence-corrected chi connectivity index (χ0v) is 21.1. The van der Waals surface area contributed by atoms with Gasteiger partial charge in [-0.05, 0) is 43.7 Å². The van der Waals surface area contributed by atoms with Gasteiger partial charge in [-0.25, -0.2) is 8.42 Å². The normalized spacial score (nSPS) is 13.5. The average molecular weight is 506 g/mol. The molecule has 0 unspecified atom stereocenters. The Bertz CT molecular complexity index is 1170. The Labute approximate surface area is 205 Å². The Morgan fingerprint density at radius 2 is 1.83 bits per heavy atom. The molecule has 11 heteroatoms. The summed E-state index contributed by atoms with van der Waals surface area (Å²) in [5.41, 5.74) is 0.996. The van der Waals surface area contributed by atoms with Gasteiger partial charge in [-0.2, -0.15) is 0 Å². The fourth-order valence-corrected chi connectivity index (χ4v) is 4.51. The minimum absolute atomic E-state index is 0.0904. The summed E-state index contributed by atoms with van der Waals surface area (Å²) in [6.45, 7) is 4.13. The van der Waals surface area contributed by atoms with E-state index in [1.54, 1.807) is 44.2 Å². The lowest BCUT2D eigenvalue weighted by molar-refractivity contribution is -0.139. The van der Waals surface area contributed by atoms with Gasteiger partial charge in [0.2, 0.25) is 21.8 Å². The summed E-state index contributed by atoms with van der Waals surface area (Å²) in [4.78, 5) is 27.5. The number of ether oxygens (including phenoxy) is 3. The van der Waals surface area contributed by atoms with Gasteiger partial charge in [-0.3, -0.25) is 13.9 Å². The minimum atomic E-state index is -3.84. The molecule has 2 amide bonds. The van der Waals surface area contributed by atoms with E-state index in [9.17, 15) is 18.0 Å². The lowest BCUT2D eigenvalue weighted by Gasteiger charge is -2.31. The molecule has 2 aromatic rings. The lowest BCUT2D eigenvalue weighted by atomic mass is 10.1. The SMILES string of the molecule is CCNC(=O)[C@@H](C)N(Cc1cccc(OC)c1)C(=O)CN(c1ccc2c(c1)OCCO2)S(C)(=O)=O. The highest BCUT2D eigenvalue weighted by molar-refractivity contribution is 7.92. The monoisotopic (exact) mass is 505 g/mol. The first-order valence-corrected chi connectivity index (χ1v) is 13.1. The van der Waals surface area contributed by atoms with Crippen LogP contribution in [0.2, 0.25) is 0 Å². The Morgan fingerprint density at radius 3 is 2.49 bits per heavy atom. The highest BCUT2D eigenvalue weighted by atomic mass is 32.2. The number of methoxy groups -OCH3 is 1. The van der Waals surface area contributed by atoms with E-state index in [4.69, 9.17) is 14.2 Å². The van der Waals surface area contributed by atoms with Gasteiger partial charge in [0.1, 0.15) is 31.5 Å². The van der Waals surface area contributed by atoms with Gasteiger partial charge >= 0.3 is 0 Å². The van der Waals surface area contributed by atoms with Crippen molar-refractivity contribution in [1.29, 1.82) is 0 Å². The standard InChI is InChI=1S/C24H31N3O7S/c1-5-25-24(29)17(2)26(15-18-7-6-8-20(13-18)32-3)23(28)16-27(35(4,30)31)19-9-10-21-22(14-19)34-12-11-33-21/h6-10,13-14,17H,5,11-12,15-16H2,1-4H3,(H,25,29)/t17-/m1/s1. The summed E-state index contributed by atoms with van der Waals surface area (Å²) in [7, 11) is -2.31. The molecule has 0 saturated heterocycles. The highest BCUT2D eigenvalue weighted by Gasteiger charge is 2.30. The number of carbonyl (C=O) groups is 2. The van der Waals surface area contributed by atoms with Crippen molar-refractivity contribution in [1.82, 2.24) is 10.2 Å². The predicted octanol–water partition coefficient (Wildman–Crippen LogP) is 1.79. The molecule has 0 aromatic heterocycles. The van der Waals surface area contributed by atoms with Crippen LogP contribution in [0.4, 0.5) is 5.69 Å². The van der Waals surface area contributed by atoms with Gasteiger partial charge in [-0.15, -0.1) is 0 Å². The zero-order valence-electron chi connectivity index (χ0n) is 20.3. The first-order valence-electron chi connectivity index (χ1n) is 11.2. The molecule has 0 bridgehead atoms. The summed E-state index contributed by atoms with van der Waals surface area (Å²) >= 11 is 0. The molecule has 35 heavy (non-hydrogen) atoms. The summed E-state index contributed by atoms with van der Waals surface area (Å²) < 4.78 is 42.7. The van der Waals surface area contributed by atoms with Crippen LogP contribution in [0, 0.1) is 0 Å². The topological polar surface area (TPSA) is 114 Å². The maximum Gasteiger partial charge on any atom is 0.244 e. The molecule has 3 rings (SSSR count). The van der Waals surface area contributed by atoms with E-state index in [-0.39, 0.29) is 18.1 Å². The molecule has 1 aliphatic rings. The van der Waals surface area contributed by atoms with E-state index in [1.165, 1.54) is 18.1 Å². The maximum absolute atomic E-state index is 13.5. The van der Waals surface area contributed by atoms with Crippen molar-refractivity contribution < 1.29 is 32.2 Å². The number of rotatable bonds is 10. The molecule has 10 nitrogen and oxygen atoms in total. The largest absolute Gasteiger partial charge is 0.497 e. The van der Waals surface area contributed by atoms with Gasteiger partial charge in [0.05, 0.1) is 19.1 Å². The quantitative estimate of drug-likeness (QED) is 0.524. The van der Waals surface area contributed by atoms with Gasteiger partial charge in [-0.1, -0.05) is 12.1 Å². The molecule has 190 valence electrons. The van der Waals surface area contributed by atoms with Crippen molar-refractivity contribution in [3.05, 3.63) is 48.0 Å². The number of sulfonamides is 1. The third-order valence-corrected chi connectivity index (χ3v) is 6.64. The van der Waals surface area contributed by atoms with Crippen LogP contribution in [-0.4, -0.2) is 70.8 Å². The molecular weight excluding hydrogens is 474 g/mol. The minimum Gasteiger partial charge on any atom is -0.497 e. The molecule has 0 spiro atoms. The van der Waals surface area contributed by atoms with Crippen molar-refractivity contribution in [3.63, 3.8) is 0 Å². The van der Waals surface area contributed by atoms with Crippen LogP contribution in [0.3, 0.4) is 0 Å². The van der Waals surface area contributed by atoms with Crippen LogP contribution in [0.25, 0.3) is 0 Å². The van der Waals surface area contributed by atoms with Crippen LogP contribution in [0.1, 0.15) is 19.4 Å². The Morgan fingerprint density at radius 1 is 1.11 bits per heavy atom. The third-order valence-electron chi connectivity index (χ3n) is 5.50. The molecule has 1 atom stereocenters. The van der Waals surface area contributed by atoms with Crippen LogP contribution in [-0.2, 0) is 26.2 Å². The first-order chi connectivity index (χ1) is 16.6. The molecular formula is C24H31N3O7S. The number of hydrogen-bond acceptors (Lipinski definition) is 7. The first kappa shape index (κ1) is 26.1. The lowest BCUT2D eigenvalue weighted by Crippen LogP contribution is -2.51. The molecule has 1 N–H and O–H groups in total. The van der Waals surface area contributed by atoms with Crippen molar-refractivity contribution in [2.24, 2.45) is 0 Å². The van der Waals surface area contributed by atoms with E-state index >= 15 is 0 Å². The number of anilines is 1. The van der Waals surface area contributed by atoms with Gasteiger partial charge in [0.15, 0.2) is 11.5 Å². The summed E-state index contributed by atoms with van der Waals surface area (Å²) in [5, 5.41) is 2.72. The zero-order chi connectivity index (χ0) is 25.6. The van der Waals surface area contributed by atoms with E-state index in [1.807, 2.05) is 6.07 Å². The van der Waals surface area contributed by atoms with Gasteiger partial charge < -0.3 is 24.4 Å². The number of likely N-dealkylation sites (N-methyl/N-ethyl adjacent to an activating group) is 1. The molecule has 1 aliphatic heterocycles. The number of nitrogens with one attached hydrogen (secondary N) is 1. The van der Waals surface area contributed by atoms with E-state index in [0.717, 1.165) is 16.1 Å². The fraction of sp³-hybridized carbons (Fsp3) is 0.417. The van der Waals surface area contributed by atoms with Crippen molar-refractivity contribution >= 4 is 27.5 Å². The predicted molar refractivity (Wildman–Crippen MR) is 131 cm³/mol. The van der Waals surface area contributed by atoms with Crippen LogP contribution < -0.4 is 23.8 Å². The summed E-state index contributed by atoms with van der Waals surface area (Å²) in [6, 6.07) is 11.0. The second-order valence-corrected chi connectivity index (χ2v) is 9.95. The van der Waals surface area contributed by atoms with Gasteiger partial charge in [0.25, 0.3) is 0 Å². The third kappa shape index (κ3) is 6.56. The molecule has 1 heterocycles. The smallest absolute Gasteiger partial charge is 0.244 e. The number of carbonyl (C=O) groups excluding carboxylic acids is 2. The van der Waals surface area contributed by atoms with Crippen LogP contribution in [0.5, 0.6) is 17.2 Å². The number of benzene rings is 2. The average Bonchev–Trinajstić information content (AvgIpc) is 2.84. The molecule has 2 aromatic carbocycles. The number of hydrogen-bond donors (Lipinski definition) is 1. The summed E-state index contributed by atoms with van der Waals surface area (Å²) in [5.74, 6) is 0.638. The van der Waals surface area contributed by atoms with Crippen LogP contribution in [0.15, 0.2) is 42.5 Å². The molecule has 0 fully saturated rings. The molecule has 0 radical (unpaired) electrons.